The van der Waals surface area contributed by atoms with E-state index < -0.39 is 0 Å². The summed E-state index contributed by atoms with van der Waals surface area (Å²) in [6.07, 6.45) is 10.9. The lowest BCUT2D eigenvalue weighted by Gasteiger charge is -2.54. The Morgan fingerprint density at radius 2 is 1.75 bits per heavy atom. The standard InChI is InChI=1S/C17H30NO2/c1-13(19)20-17-14-7-6-8-15(17)16(10-9-14)18(2)11-4-3-5-12-18/h14-17H,3-12H2,1-2H3/q+1/t14-,15+,16+,17+/m0/s1. The van der Waals surface area contributed by atoms with Crippen molar-refractivity contribution in [2.75, 3.05) is 20.1 Å². The minimum atomic E-state index is -0.0751. The van der Waals surface area contributed by atoms with E-state index in [0.717, 1.165) is 6.04 Å². The van der Waals surface area contributed by atoms with Gasteiger partial charge in [-0.1, -0.05) is 6.42 Å². The fraction of sp³-hybridized carbons (Fsp3) is 0.941. The Balaban J connectivity index is 1.79. The highest BCUT2D eigenvalue weighted by atomic mass is 16.5. The van der Waals surface area contributed by atoms with Crippen molar-refractivity contribution in [3.05, 3.63) is 0 Å². The zero-order valence-corrected chi connectivity index (χ0v) is 13.1. The third-order valence-corrected chi connectivity index (χ3v) is 6.27. The van der Waals surface area contributed by atoms with E-state index in [1.54, 1.807) is 6.92 Å². The van der Waals surface area contributed by atoms with E-state index in [1.165, 1.54) is 68.9 Å². The van der Waals surface area contributed by atoms with E-state index in [2.05, 4.69) is 7.05 Å². The van der Waals surface area contributed by atoms with Gasteiger partial charge < -0.3 is 9.22 Å². The summed E-state index contributed by atoms with van der Waals surface area (Å²) < 4.78 is 7.02. The molecule has 1 saturated heterocycles. The van der Waals surface area contributed by atoms with Gasteiger partial charge in [-0.25, -0.2) is 0 Å². The number of piperidine rings is 1. The first-order valence-electron chi connectivity index (χ1n) is 8.61. The third-order valence-electron chi connectivity index (χ3n) is 6.27. The SMILES string of the molecule is CC(=O)O[C@@H]1[C@H]2CCC[C@@H]1[C@H]([N+]1(C)CCCCC1)CC2. The predicted octanol–water partition coefficient (Wildman–Crippen LogP) is 3.13. The summed E-state index contributed by atoms with van der Waals surface area (Å²) in [5.74, 6) is 1.19. The van der Waals surface area contributed by atoms with Crippen molar-refractivity contribution in [1.82, 2.24) is 0 Å². The second-order valence-electron chi connectivity index (χ2n) is 7.56. The molecule has 3 nitrogen and oxygen atoms in total. The van der Waals surface area contributed by atoms with Crippen LogP contribution in [0.3, 0.4) is 0 Å². The summed E-state index contributed by atoms with van der Waals surface area (Å²) in [5.41, 5.74) is 0. The molecule has 0 spiro atoms. The van der Waals surface area contributed by atoms with Gasteiger partial charge in [0, 0.05) is 19.3 Å². The molecule has 4 atom stereocenters. The second-order valence-corrected chi connectivity index (χ2v) is 7.56. The number of fused-ring (bicyclic) bond motifs is 2. The Morgan fingerprint density at radius 3 is 2.45 bits per heavy atom. The molecule has 2 bridgehead atoms. The van der Waals surface area contributed by atoms with Crippen LogP contribution in [0.1, 0.15) is 58.3 Å². The van der Waals surface area contributed by atoms with Gasteiger partial charge in [0.05, 0.1) is 26.2 Å². The fourth-order valence-corrected chi connectivity index (χ4v) is 5.33. The molecule has 2 saturated carbocycles. The van der Waals surface area contributed by atoms with Gasteiger partial charge in [0.2, 0.25) is 0 Å². The molecule has 0 unspecified atom stereocenters. The quantitative estimate of drug-likeness (QED) is 0.574. The number of rotatable bonds is 2. The molecule has 3 rings (SSSR count). The molecule has 114 valence electrons. The Morgan fingerprint density at radius 1 is 1.00 bits per heavy atom. The normalized spacial score (nSPS) is 40.1. The van der Waals surface area contributed by atoms with E-state index in [9.17, 15) is 4.79 Å². The molecule has 3 heteroatoms. The number of nitrogens with zero attached hydrogens (tertiary/aromatic N) is 1. The van der Waals surface area contributed by atoms with Crippen LogP contribution in [0.5, 0.6) is 0 Å². The number of likely N-dealkylation sites (tertiary alicyclic amines) is 1. The largest absolute Gasteiger partial charge is 0.462 e. The van der Waals surface area contributed by atoms with E-state index in [-0.39, 0.29) is 12.1 Å². The highest BCUT2D eigenvalue weighted by Crippen LogP contribution is 2.46. The maximum absolute atomic E-state index is 11.5. The molecule has 3 aliphatic rings. The summed E-state index contributed by atoms with van der Waals surface area (Å²) in [6.45, 7) is 4.24. The average molecular weight is 280 g/mol. The fourth-order valence-electron chi connectivity index (χ4n) is 5.33. The van der Waals surface area contributed by atoms with Crippen molar-refractivity contribution in [2.45, 2.75) is 70.4 Å². The predicted molar refractivity (Wildman–Crippen MR) is 79.2 cm³/mol. The number of carbonyl (C=O) groups excluding carboxylic acids is 1. The third kappa shape index (κ3) is 2.61. The monoisotopic (exact) mass is 280 g/mol. The molecular weight excluding hydrogens is 250 g/mol. The molecular formula is C17H30NO2+. The van der Waals surface area contributed by atoms with Crippen molar-refractivity contribution in [3.8, 4) is 0 Å². The number of ether oxygens (including phenoxy) is 1. The molecule has 20 heavy (non-hydrogen) atoms. The first kappa shape index (κ1) is 14.4. The maximum atomic E-state index is 11.5. The minimum Gasteiger partial charge on any atom is -0.462 e. The molecule has 0 N–H and O–H groups in total. The van der Waals surface area contributed by atoms with Crippen molar-refractivity contribution in [1.29, 1.82) is 0 Å². The molecule has 1 aliphatic heterocycles. The molecule has 0 aromatic carbocycles. The molecule has 0 amide bonds. The van der Waals surface area contributed by atoms with Crippen LogP contribution in [0.15, 0.2) is 0 Å². The zero-order chi connectivity index (χ0) is 14.2. The highest BCUT2D eigenvalue weighted by molar-refractivity contribution is 5.66. The van der Waals surface area contributed by atoms with Crippen LogP contribution < -0.4 is 0 Å². The maximum Gasteiger partial charge on any atom is 0.302 e. The van der Waals surface area contributed by atoms with Gasteiger partial charge in [-0.05, 0) is 44.4 Å². The first-order valence-corrected chi connectivity index (χ1v) is 8.61. The van der Waals surface area contributed by atoms with Crippen LogP contribution >= 0.6 is 0 Å². The van der Waals surface area contributed by atoms with E-state index >= 15 is 0 Å². The second kappa shape index (κ2) is 5.67. The topological polar surface area (TPSA) is 26.3 Å². The van der Waals surface area contributed by atoms with Crippen molar-refractivity contribution in [2.24, 2.45) is 11.8 Å². The number of quaternary nitrogens is 1. The lowest BCUT2D eigenvalue weighted by Crippen LogP contribution is -2.63. The number of hydrogen-bond acceptors (Lipinski definition) is 2. The lowest BCUT2D eigenvalue weighted by molar-refractivity contribution is -0.943. The smallest absolute Gasteiger partial charge is 0.302 e. The van der Waals surface area contributed by atoms with Gasteiger partial charge in [0.25, 0.3) is 0 Å². The van der Waals surface area contributed by atoms with Crippen molar-refractivity contribution >= 4 is 5.97 Å². The number of carbonyl (C=O) groups is 1. The molecule has 0 aromatic heterocycles. The Bertz CT molecular complexity index is 362. The first-order chi connectivity index (χ1) is 9.60. The summed E-state index contributed by atoms with van der Waals surface area (Å²) in [5, 5.41) is 0. The van der Waals surface area contributed by atoms with Crippen molar-refractivity contribution < 1.29 is 14.0 Å². The lowest BCUT2D eigenvalue weighted by atomic mass is 9.66. The van der Waals surface area contributed by atoms with E-state index in [4.69, 9.17) is 4.74 Å². The summed E-state index contributed by atoms with van der Waals surface area (Å²) in [7, 11) is 2.46. The van der Waals surface area contributed by atoms with Gasteiger partial charge in [0.1, 0.15) is 6.10 Å². The Hall–Kier alpha value is -0.570. The Kier molecular flexibility index (Phi) is 4.07. The van der Waals surface area contributed by atoms with E-state index in [1.807, 2.05) is 0 Å². The molecule has 3 fully saturated rings. The van der Waals surface area contributed by atoms with Crippen LogP contribution in [0.25, 0.3) is 0 Å². The van der Waals surface area contributed by atoms with Gasteiger partial charge in [0.15, 0.2) is 0 Å². The number of hydrogen-bond donors (Lipinski definition) is 0. The Labute approximate surface area is 123 Å². The molecule has 2 aliphatic carbocycles. The van der Waals surface area contributed by atoms with Crippen LogP contribution in [0.4, 0.5) is 0 Å². The summed E-state index contributed by atoms with van der Waals surface area (Å²) >= 11 is 0. The minimum absolute atomic E-state index is 0.0751. The molecule has 1 heterocycles. The van der Waals surface area contributed by atoms with Crippen LogP contribution in [0.2, 0.25) is 0 Å². The van der Waals surface area contributed by atoms with Crippen LogP contribution in [-0.2, 0) is 9.53 Å². The molecule has 0 aromatic rings. The van der Waals surface area contributed by atoms with E-state index in [0.29, 0.717) is 11.8 Å². The van der Waals surface area contributed by atoms with Gasteiger partial charge in [-0.15, -0.1) is 0 Å². The zero-order valence-electron chi connectivity index (χ0n) is 13.1. The van der Waals surface area contributed by atoms with Gasteiger partial charge >= 0.3 is 5.97 Å². The van der Waals surface area contributed by atoms with Crippen LogP contribution in [-0.4, -0.2) is 42.7 Å². The van der Waals surface area contributed by atoms with Crippen molar-refractivity contribution in [3.63, 3.8) is 0 Å². The average Bonchev–Trinajstić information content (AvgIpc) is 2.38. The van der Waals surface area contributed by atoms with Crippen LogP contribution in [0, 0.1) is 11.8 Å². The van der Waals surface area contributed by atoms with Gasteiger partial charge in [-0.3, -0.25) is 4.79 Å². The number of esters is 1. The summed E-state index contributed by atoms with van der Waals surface area (Å²) in [4.78, 5) is 11.5. The van der Waals surface area contributed by atoms with Gasteiger partial charge in [-0.2, -0.15) is 0 Å². The summed E-state index contributed by atoms with van der Waals surface area (Å²) in [6, 6.07) is 0.733. The highest BCUT2D eigenvalue weighted by Gasteiger charge is 2.50. The molecule has 0 radical (unpaired) electrons.